The van der Waals surface area contributed by atoms with Crippen molar-refractivity contribution in [2.24, 2.45) is 0 Å². The lowest BCUT2D eigenvalue weighted by Gasteiger charge is -2.17. The molecule has 4 rings (SSSR count). The van der Waals surface area contributed by atoms with E-state index >= 15 is 0 Å². The molecule has 0 atom stereocenters. The van der Waals surface area contributed by atoms with Crippen molar-refractivity contribution < 1.29 is 9.59 Å². The number of rotatable bonds is 3. The van der Waals surface area contributed by atoms with E-state index in [1.807, 2.05) is 18.2 Å². The first kappa shape index (κ1) is 13.5. The van der Waals surface area contributed by atoms with Crippen LogP contribution in [-0.4, -0.2) is 39.3 Å². The maximum Gasteiger partial charge on any atom is 0.327 e. The molecule has 0 N–H and O–H groups in total. The van der Waals surface area contributed by atoms with Gasteiger partial charge in [-0.1, -0.05) is 17.7 Å². The van der Waals surface area contributed by atoms with Gasteiger partial charge >= 0.3 is 6.03 Å². The second-order valence-corrected chi connectivity index (χ2v) is 6.13. The molecule has 2 aromatic rings. The van der Waals surface area contributed by atoms with Crippen LogP contribution in [0, 0.1) is 0 Å². The minimum absolute atomic E-state index is 0.143. The zero-order valence-corrected chi connectivity index (χ0v) is 12.6. The molecular weight excluding hydrogens is 302 g/mol. The number of carbonyl (C=O) groups excluding carboxylic acids is 2. The molecule has 2 aliphatic rings. The van der Waals surface area contributed by atoms with Gasteiger partial charge < -0.3 is 4.90 Å². The number of halogens is 1. The number of amides is 3. The molecule has 1 saturated heterocycles. The van der Waals surface area contributed by atoms with Gasteiger partial charge in [0.2, 0.25) is 0 Å². The zero-order chi connectivity index (χ0) is 15.3. The van der Waals surface area contributed by atoms with E-state index in [1.165, 1.54) is 4.90 Å². The highest BCUT2D eigenvalue weighted by molar-refractivity contribution is 6.35. The predicted octanol–water partition coefficient (Wildman–Crippen LogP) is 2.81. The Labute approximate surface area is 132 Å². The lowest BCUT2D eigenvalue weighted by atomic mass is 10.1. The molecular formula is C16H14ClN3O2. The standard InChI is InChI=1S/C16H14ClN3O2/c17-13-6-3-10(15-12(13)2-1-7-18-15)8-20-14(21)9-19(16(20)22)11-4-5-11/h1-3,6-7,11H,4-5,8-9H2. The van der Waals surface area contributed by atoms with Crippen molar-refractivity contribution >= 4 is 34.4 Å². The minimum Gasteiger partial charge on any atom is -0.312 e. The number of fused-ring (bicyclic) bond motifs is 1. The molecule has 112 valence electrons. The maximum atomic E-state index is 12.4. The minimum atomic E-state index is -0.188. The molecule has 1 aromatic carbocycles. The summed E-state index contributed by atoms with van der Waals surface area (Å²) in [5.41, 5.74) is 1.57. The van der Waals surface area contributed by atoms with Gasteiger partial charge in [0.25, 0.3) is 5.91 Å². The van der Waals surface area contributed by atoms with E-state index in [4.69, 9.17) is 11.6 Å². The Morgan fingerprint density at radius 2 is 2.05 bits per heavy atom. The molecule has 2 heterocycles. The molecule has 6 heteroatoms. The Balaban J connectivity index is 1.68. The second kappa shape index (κ2) is 4.95. The molecule has 22 heavy (non-hydrogen) atoms. The largest absolute Gasteiger partial charge is 0.327 e. The average molecular weight is 316 g/mol. The summed E-state index contributed by atoms with van der Waals surface area (Å²) >= 11 is 6.18. The van der Waals surface area contributed by atoms with Gasteiger partial charge in [-0.2, -0.15) is 0 Å². The van der Waals surface area contributed by atoms with Gasteiger partial charge in [0.15, 0.2) is 0 Å². The van der Waals surface area contributed by atoms with E-state index in [-0.39, 0.29) is 31.1 Å². The summed E-state index contributed by atoms with van der Waals surface area (Å²) in [6, 6.07) is 7.38. The molecule has 2 fully saturated rings. The van der Waals surface area contributed by atoms with Gasteiger partial charge in [0.05, 0.1) is 12.1 Å². The van der Waals surface area contributed by atoms with Crippen LogP contribution < -0.4 is 0 Å². The van der Waals surface area contributed by atoms with Crippen molar-refractivity contribution in [1.29, 1.82) is 0 Å². The van der Waals surface area contributed by atoms with Crippen LogP contribution in [-0.2, 0) is 11.3 Å². The Hall–Kier alpha value is -2.14. The normalized spacial score (nSPS) is 18.6. The molecule has 1 aromatic heterocycles. The highest BCUT2D eigenvalue weighted by Crippen LogP contribution is 2.32. The molecule has 1 saturated carbocycles. The van der Waals surface area contributed by atoms with Crippen LogP contribution in [0.5, 0.6) is 0 Å². The fourth-order valence-corrected chi connectivity index (χ4v) is 3.10. The van der Waals surface area contributed by atoms with E-state index < -0.39 is 0 Å². The average Bonchev–Trinajstić information content (AvgIpc) is 3.32. The molecule has 5 nitrogen and oxygen atoms in total. The number of urea groups is 1. The number of imide groups is 1. The van der Waals surface area contributed by atoms with Crippen LogP contribution in [0.1, 0.15) is 18.4 Å². The topological polar surface area (TPSA) is 53.5 Å². The number of aromatic nitrogens is 1. The molecule has 0 radical (unpaired) electrons. The lowest BCUT2D eigenvalue weighted by molar-refractivity contribution is -0.125. The fourth-order valence-electron chi connectivity index (χ4n) is 2.88. The number of pyridine rings is 1. The van der Waals surface area contributed by atoms with E-state index in [1.54, 1.807) is 17.2 Å². The molecule has 3 amide bonds. The van der Waals surface area contributed by atoms with Crippen LogP contribution in [0.25, 0.3) is 10.9 Å². The number of benzene rings is 1. The Kier molecular flexibility index (Phi) is 3.04. The van der Waals surface area contributed by atoms with Crippen molar-refractivity contribution in [3.63, 3.8) is 0 Å². The quantitative estimate of drug-likeness (QED) is 0.818. The molecule has 1 aliphatic carbocycles. The molecule has 0 bridgehead atoms. The summed E-state index contributed by atoms with van der Waals surface area (Å²) in [7, 11) is 0. The van der Waals surface area contributed by atoms with Crippen LogP contribution >= 0.6 is 11.6 Å². The maximum absolute atomic E-state index is 12.4. The first-order valence-electron chi connectivity index (χ1n) is 7.28. The highest BCUT2D eigenvalue weighted by Gasteiger charge is 2.43. The van der Waals surface area contributed by atoms with Gasteiger partial charge in [-0.25, -0.2) is 4.79 Å². The van der Waals surface area contributed by atoms with Gasteiger partial charge in [-0.05, 0) is 36.6 Å². The van der Waals surface area contributed by atoms with E-state index in [0.29, 0.717) is 5.02 Å². The van der Waals surface area contributed by atoms with Crippen molar-refractivity contribution in [3.05, 3.63) is 41.0 Å². The summed E-state index contributed by atoms with van der Waals surface area (Å²) in [4.78, 5) is 31.9. The third-order valence-electron chi connectivity index (χ3n) is 4.20. The highest BCUT2D eigenvalue weighted by atomic mass is 35.5. The number of hydrogen-bond acceptors (Lipinski definition) is 3. The Morgan fingerprint density at radius 3 is 2.82 bits per heavy atom. The smallest absolute Gasteiger partial charge is 0.312 e. The van der Waals surface area contributed by atoms with Crippen molar-refractivity contribution in [2.45, 2.75) is 25.4 Å². The van der Waals surface area contributed by atoms with Crippen LogP contribution in [0.3, 0.4) is 0 Å². The van der Waals surface area contributed by atoms with Crippen molar-refractivity contribution in [3.8, 4) is 0 Å². The predicted molar refractivity (Wildman–Crippen MR) is 82.4 cm³/mol. The Bertz CT molecular complexity index is 788. The van der Waals surface area contributed by atoms with E-state index in [2.05, 4.69) is 4.98 Å². The first-order valence-corrected chi connectivity index (χ1v) is 7.66. The van der Waals surface area contributed by atoms with Crippen LogP contribution in [0.4, 0.5) is 4.79 Å². The van der Waals surface area contributed by atoms with E-state index in [0.717, 1.165) is 29.3 Å². The molecule has 1 aliphatic heterocycles. The number of nitrogens with zero attached hydrogens (tertiary/aromatic N) is 3. The SMILES string of the molecule is O=C1CN(C2CC2)C(=O)N1Cc1ccc(Cl)c2cccnc12. The second-order valence-electron chi connectivity index (χ2n) is 5.73. The summed E-state index contributed by atoms with van der Waals surface area (Å²) in [5, 5.41) is 1.45. The van der Waals surface area contributed by atoms with Gasteiger partial charge in [-0.3, -0.25) is 14.7 Å². The van der Waals surface area contributed by atoms with E-state index in [9.17, 15) is 9.59 Å². The third-order valence-corrected chi connectivity index (χ3v) is 4.53. The lowest BCUT2D eigenvalue weighted by Crippen LogP contribution is -2.33. The number of carbonyl (C=O) groups is 2. The first-order chi connectivity index (χ1) is 10.6. The fraction of sp³-hybridized carbons (Fsp3) is 0.312. The summed E-state index contributed by atoms with van der Waals surface area (Å²) < 4.78 is 0. The summed E-state index contributed by atoms with van der Waals surface area (Å²) in [6.07, 6.45) is 3.68. The summed E-state index contributed by atoms with van der Waals surface area (Å²) in [6.45, 7) is 0.439. The third kappa shape index (κ3) is 2.13. The van der Waals surface area contributed by atoms with Crippen molar-refractivity contribution in [1.82, 2.24) is 14.8 Å². The molecule has 0 unspecified atom stereocenters. The van der Waals surface area contributed by atoms with Crippen LogP contribution in [0.2, 0.25) is 5.02 Å². The zero-order valence-electron chi connectivity index (χ0n) is 11.8. The summed E-state index contributed by atoms with van der Waals surface area (Å²) in [5.74, 6) is -0.143. The van der Waals surface area contributed by atoms with Gasteiger partial charge in [-0.15, -0.1) is 0 Å². The van der Waals surface area contributed by atoms with Crippen LogP contribution in [0.15, 0.2) is 30.5 Å². The monoisotopic (exact) mass is 315 g/mol. The van der Waals surface area contributed by atoms with Crippen molar-refractivity contribution in [2.75, 3.05) is 6.54 Å². The molecule has 0 spiro atoms. The number of hydrogen-bond donors (Lipinski definition) is 0. The van der Waals surface area contributed by atoms with Gasteiger partial charge in [0.1, 0.15) is 6.54 Å². The van der Waals surface area contributed by atoms with Gasteiger partial charge in [0, 0.05) is 22.6 Å². The Morgan fingerprint density at radius 1 is 1.23 bits per heavy atom.